The first-order chi connectivity index (χ1) is 7.59. The average Bonchev–Trinajstić information content (AvgIpc) is 2.30. The topological polar surface area (TPSA) is 74.3 Å². The summed E-state index contributed by atoms with van der Waals surface area (Å²) < 4.78 is 32.7. The molecule has 5 heteroatoms. The first kappa shape index (κ1) is 12.4. The zero-order chi connectivity index (χ0) is 12.2. The lowest BCUT2D eigenvalue weighted by Gasteiger charge is -2.09. The van der Waals surface area contributed by atoms with Crippen LogP contribution in [0.25, 0.3) is 10.8 Å². The van der Waals surface area contributed by atoms with Crippen molar-refractivity contribution < 1.29 is 17.8 Å². The first-order valence-corrected chi connectivity index (χ1v) is 5.72. The summed E-state index contributed by atoms with van der Waals surface area (Å²) >= 11 is 0. The van der Waals surface area contributed by atoms with Gasteiger partial charge in [-0.05, 0) is 16.8 Å². The van der Waals surface area contributed by atoms with Crippen LogP contribution in [0.4, 0.5) is 0 Å². The maximum absolute atomic E-state index is 10.9. The molecule has 0 aromatic heterocycles. The summed E-state index contributed by atoms with van der Waals surface area (Å²) in [5.41, 5.74) is 0. The quantitative estimate of drug-likeness (QED) is 0.705. The third-order valence-corrected chi connectivity index (χ3v) is 2.91. The van der Waals surface area contributed by atoms with Gasteiger partial charge < -0.3 is 9.35 Å². The number of carbonyl (C=O) groups is 1. The highest BCUT2D eigenvalue weighted by molar-refractivity contribution is 7.86. The van der Waals surface area contributed by atoms with Crippen LogP contribution in [0.15, 0.2) is 47.4 Å². The molecule has 0 amide bonds. The molecule has 0 aliphatic heterocycles. The van der Waals surface area contributed by atoms with Crippen LogP contribution in [-0.2, 0) is 14.9 Å². The van der Waals surface area contributed by atoms with Crippen molar-refractivity contribution in [3.63, 3.8) is 0 Å². The normalized spacial score (nSPS) is 10.6. The van der Waals surface area contributed by atoms with Crippen molar-refractivity contribution in [1.29, 1.82) is 0 Å². The molecule has 0 heterocycles. The molecule has 0 aliphatic carbocycles. The van der Waals surface area contributed by atoms with Gasteiger partial charge in [0.05, 0.1) is 4.90 Å². The van der Waals surface area contributed by atoms with Crippen LogP contribution < -0.4 is 0 Å². The van der Waals surface area contributed by atoms with Gasteiger partial charge in [-0.2, -0.15) is 0 Å². The summed E-state index contributed by atoms with van der Waals surface area (Å²) in [6, 6.07) is 11.5. The second kappa shape index (κ2) is 4.87. The highest BCUT2D eigenvalue weighted by atomic mass is 32.2. The Hall–Kier alpha value is -1.72. The molecule has 0 aliphatic rings. The second-order valence-electron chi connectivity index (χ2n) is 2.93. The third kappa shape index (κ3) is 2.44. The van der Waals surface area contributed by atoms with Crippen molar-refractivity contribution in [2.45, 2.75) is 4.90 Å². The van der Waals surface area contributed by atoms with Gasteiger partial charge in [0.15, 0.2) is 0 Å². The Morgan fingerprint density at radius 2 is 1.50 bits per heavy atom. The summed E-state index contributed by atoms with van der Waals surface area (Å²) in [5.74, 6) is 0. The van der Waals surface area contributed by atoms with E-state index >= 15 is 0 Å². The van der Waals surface area contributed by atoms with Crippen LogP contribution in [-0.4, -0.2) is 19.8 Å². The van der Waals surface area contributed by atoms with Gasteiger partial charge >= 0.3 is 0 Å². The fourth-order valence-electron chi connectivity index (χ4n) is 1.41. The predicted octanol–water partition coefficient (Wildman–Crippen LogP) is 1.56. The van der Waals surface area contributed by atoms with E-state index in [9.17, 15) is 13.0 Å². The molecule has 2 rings (SSSR count). The van der Waals surface area contributed by atoms with Gasteiger partial charge in [-0.3, -0.25) is 0 Å². The van der Waals surface area contributed by atoms with Gasteiger partial charge in [0, 0.05) is 0 Å². The summed E-state index contributed by atoms with van der Waals surface area (Å²) in [4.78, 5) is 7.84. The number of rotatable bonds is 1. The standard InChI is InChI=1S/C10H8O3S.CH2O/c11-14(12,13)10-7-3-5-8-4-1-2-6-9(8)10;1-2/h1-7H,(H,11,12,13);1H2/p-1. The van der Waals surface area contributed by atoms with Gasteiger partial charge in [0.25, 0.3) is 0 Å². The maximum Gasteiger partial charge on any atom is 0.125 e. The molecule has 0 bridgehead atoms. The number of benzene rings is 2. The van der Waals surface area contributed by atoms with Gasteiger partial charge in [0.2, 0.25) is 0 Å². The minimum absolute atomic E-state index is 0.157. The van der Waals surface area contributed by atoms with Crippen molar-refractivity contribution in [3.8, 4) is 0 Å². The molecule has 0 unspecified atom stereocenters. The summed E-state index contributed by atoms with van der Waals surface area (Å²) in [6.45, 7) is 2.00. The van der Waals surface area contributed by atoms with Crippen LogP contribution in [0.3, 0.4) is 0 Å². The summed E-state index contributed by atoms with van der Waals surface area (Å²) in [6.07, 6.45) is 0. The van der Waals surface area contributed by atoms with E-state index in [-0.39, 0.29) is 4.90 Å². The van der Waals surface area contributed by atoms with E-state index < -0.39 is 10.1 Å². The lowest BCUT2D eigenvalue weighted by molar-refractivity contribution is -0.0979. The Morgan fingerprint density at radius 3 is 2.12 bits per heavy atom. The molecule has 0 saturated heterocycles. The van der Waals surface area contributed by atoms with E-state index in [1.54, 1.807) is 36.4 Å². The molecule has 0 fully saturated rings. The minimum atomic E-state index is -4.38. The van der Waals surface area contributed by atoms with Crippen molar-refractivity contribution in [2.24, 2.45) is 0 Å². The zero-order valence-electron chi connectivity index (χ0n) is 8.29. The Kier molecular flexibility index (Phi) is 3.76. The van der Waals surface area contributed by atoms with Crippen LogP contribution in [0.2, 0.25) is 0 Å². The van der Waals surface area contributed by atoms with Gasteiger partial charge in [-0.15, -0.1) is 0 Å². The molecule has 0 radical (unpaired) electrons. The predicted molar refractivity (Wildman–Crippen MR) is 59.0 cm³/mol. The number of hydrogen-bond donors (Lipinski definition) is 0. The molecule has 0 N–H and O–H groups in total. The maximum atomic E-state index is 10.9. The first-order valence-electron chi connectivity index (χ1n) is 4.31. The molecule has 0 atom stereocenters. The van der Waals surface area contributed by atoms with Crippen molar-refractivity contribution in [2.75, 3.05) is 0 Å². The SMILES string of the molecule is C=O.O=S(=O)([O-])c1cccc2ccccc12. The molecular formula is C11H9O4S-. The van der Waals surface area contributed by atoms with Gasteiger partial charge in [0.1, 0.15) is 16.9 Å². The van der Waals surface area contributed by atoms with Crippen LogP contribution in [0.5, 0.6) is 0 Å². The highest BCUT2D eigenvalue weighted by Crippen LogP contribution is 2.21. The molecule has 16 heavy (non-hydrogen) atoms. The minimum Gasteiger partial charge on any atom is -0.744 e. The van der Waals surface area contributed by atoms with Crippen LogP contribution in [0, 0.1) is 0 Å². The van der Waals surface area contributed by atoms with E-state index in [4.69, 9.17) is 4.79 Å². The van der Waals surface area contributed by atoms with Crippen molar-refractivity contribution in [3.05, 3.63) is 42.5 Å². The van der Waals surface area contributed by atoms with E-state index in [0.29, 0.717) is 5.39 Å². The monoisotopic (exact) mass is 237 g/mol. The fraction of sp³-hybridized carbons (Fsp3) is 0. The number of hydrogen-bond acceptors (Lipinski definition) is 4. The highest BCUT2D eigenvalue weighted by Gasteiger charge is 2.05. The Balaban J connectivity index is 0.000000606. The lowest BCUT2D eigenvalue weighted by atomic mass is 10.1. The zero-order valence-corrected chi connectivity index (χ0v) is 9.11. The summed E-state index contributed by atoms with van der Waals surface area (Å²) in [5, 5.41) is 1.23. The largest absolute Gasteiger partial charge is 0.744 e. The second-order valence-corrected chi connectivity index (χ2v) is 4.28. The average molecular weight is 237 g/mol. The Morgan fingerprint density at radius 1 is 0.938 bits per heavy atom. The smallest absolute Gasteiger partial charge is 0.125 e. The molecular weight excluding hydrogens is 228 g/mol. The van der Waals surface area contributed by atoms with Crippen molar-refractivity contribution >= 4 is 27.7 Å². The van der Waals surface area contributed by atoms with Crippen LogP contribution >= 0.6 is 0 Å². The fourth-order valence-corrected chi connectivity index (χ4v) is 2.11. The van der Waals surface area contributed by atoms with E-state index in [0.717, 1.165) is 5.39 Å². The number of fused-ring (bicyclic) bond motifs is 1. The molecule has 4 nitrogen and oxygen atoms in total. The van der Waals surface area contributed by atoms with Crippen molar-refractivity contribution in [1.82, 2.24) is 0 Å². The Labute approximate surface area is 93.3 Å². The lowest BCUT2D eigenvalue weighted by Crippen LogP contribution is -1.98. The summed E-state index contributed by atoms with van der Waals surface area (Å²) in [7, 11) is -4.38. The molecule has 2 aromatic rings. The third-order valence-electron chi connectivity index (χ3n) is 2.02. The van der Waals surface area contributed by atoms with Gasteiger partial charge in [-0.25, -0.2) is 8.42 Å². The number of carbonyl (C=O) groups excluding carboxylic acids is 1. The molecule has 84 valence electrons. The molecule has 0 saturated carbocycles. The van der Waals surface area contributed by atoms with E-state index in [1.807, 2.05) is 6.79 Å². The van der Waals surface area contributed by atoms with E-state index in [2.05, 4.69) is 0 Å². The van der Waals surface area contributed by atoms with Gasteiger partial charge in [-0.1, -0.05) is 36.4 Å². The van der Waals surface area contributed by atoms with Crippen LogP contribution in [0.1, 0.15) is 0 Å². The molecule has 2 aromatic carbocycles. The van der Waals surface area contributed by atoms with E-state index in [1.165, 1.54) is 6.07 Å². The Bertz CT molecular complexity index is 584. The molecule has 0 spiro atoms.